The van der Waals surface area contributed by atoms with Gasteiger partial charge in [-0.15, -0.1) is 21.5 Å². The molecule has 7 heteroatoms. The molecule has 2 aromatic heterocycles. The molecule has 4 rings (SSSR count). The molecule has 0 radical (unpaired) electrons. The van der Waals surface area contributed by atoms with Crippen molar-refractivity contribution in [3.8, 4) is 5.00 Å². The lowest BCUT2D eigenvalue weighted by atomic mass is 9.99. The number of benzene rings is 1. The fraction of sp³-hybridized carbons (Fsp3) is 0.381. The van der Waals surface area contributed by atoms with Crippen LogP contribution in [0, 0.1) is 26.7 Å². The van der Waals surface area contributed by atoms with Gasteiger partial charge in [-0.2, -0.15) is 0 Å². The third-order valence-corrected chi connectivity index (χ3v) is 6.76. The summed E-state index contributed by atoms with van der Waals surface area (Å²) >= 11 is 7.91. The fourth-order valence-electron chi connectivity index (χ4n) is 3.48. The summed E-state index contributed by atoms with van der Waals surface area (Å²) in [5.74, 6) is 1.48. The van der Waals surface area contributed by atoms with Crippen LogP contribution in [0.15, 0.2) is 35.6 Å². The first-order valence-electron chi connectivity index (χ1n) is 9.45. The number of rotatable bonds is 6. The molecule has 1 saturated carbocycles. The van der Waals surface area contributed by atoms with Crippen molar-refractivity contribution in [2.45, 2.75) is 33.2 Å². The van der Waals surface area contributed by atoms with Gasteiger partial charge in [-0.25, -0.2) is 0 Å². The van der Waals surface area contributed by atoms with Gasteiger partial charge < -0.3 is 5.32 Å². The maximum absolute atomic E-state index is 6.15. The molecule has 2 heterocycles. The van der Waals surface area contributed by atoms with Crippen LogP contribution in [0.4, 0.5) is 0 Å². The number of nitrogens with zero attached hydrogens (tertiary/aromatic N) is 4. The minimum Gasteiger partial charge on any atom is -0.319 e. The summed E-state index contributed by atoms with van der Waals surface area (Å²) in [6, 6.07) is 8.34. The number of halogens is 1. The van der Waals surface area contributed by atoms with E-state index in [2.05, 4.69) is 46.1 Å². The second kappa shape index (κ2) is 7.78. The van der Waals surface area contributed by atoms with Gasteiger partial charge in [0, 0.05) is 21.0 Å². The van der Waals surface area contributed by atoms with E-state index in [-0.39, 0.29) is 0 Å². The molecule has 3 aromatic rings. The molecule has 146 valence electrons. The Hall–Kier alpha value is -2.02. The molecule has 0 spiro atoms. The molecular weight excluding hydrogens is 390 g/mol. The lowest BCUT2D eigenvalue weighted by Gasteiger charge is -2.12. The van der Waals surface area contributed by atoms with Gasteiger partial charge in [-0.3, -0.25) is 9.56 Å². The summed E-state index contributed by atoms with van der Waals surface area (Å²) in [6.07, 6.45) is 2.91. The molecule has 2 atom stereocenters. The zero-order valence-corrected chi connectivity index (χ0v) is 18.1. The maximum Gasteiger partial charge on any atom is 0.134 e. The predicted octanol–water partition coefficient (Wildman–Crippen LogP) is 4.35. The molecule has 0 aliphatic heterocycles. The summed E-state index contributed by atoms with van der Waals surface area (Å²) in [5.41, 5.74) is 4.55. The van der Waals surface area contributed by atoms with Gasteiger partial charge in [-0.05, 0) is 64.4 Å². The van der Waals surface area contributed by atoms with Crippen molar-refractivity contribution >= 4 is 28.6 Å². The van der Waals surface area contributed by atoms with E-state index in [9.17, 15) is 0 Å². The van der Waals surface area contributed by atoms with Crippen LogP contribution in [0.2, 0.25) is 5.02 Å². The Morgan fingerprint density at radius 1 is 1.29 bits per heavy atom. The van der Waals surface area contributed by atoms with E-state index in [4.69, 9.17) is 16.6 Å². The normalized spacial score (nSPS) is 19.2. The first-order valence-corrected chi connectivity index (χ1v) is 10.6. The molecular formula is C21H24ClN5S. The number of aliphatic imine (C=N–C) groups is 1. The number of nitrogens with one attached hydrogen (secondary N) is 1. The average Bonchev–Trinajstić information content (AvgIpc) is 3.15. The Morgan fingerprint density at radius 2 is 2.04 bits per heavy atom. The fourth-order valence-corrected chi connectivity index (χ4v) is 4.78. The van der Waals surface area contributed by atoms with E-state index < -0.39 is 0 Å². The predicted molar refractivity (Wildman–Crippen MR) is 116 cm³/mol. The van der Waals surface area contributed by atoms with Crippen molar-refractivity contribution < 1.29 is 0 Å². The average molecular weight is 414 g/mol. The Morgan fingerprint density at radius 3 is 2.68 bits per heavy atom. The van der Waals surface area contributed by atoms with Crippen molar-refractivity contribution in [3.63, 3.8) is 0 Å². The highest BCUT2D eigenvalue weighted by molar-refractivity contribution is 7.15. The van der Waals surface area contributed by atoms with Gasteiger partial charge in [0.05, 0.1) is 11.8 Å². The molecule has 1 N–H and O–H groups in total. The third-order valence-electron chi connectivity index (χ3n) is 5.30. The van der Waals surface area contributed by atoms with Crippen LogP contribution < -0.4 is 5.32 Å². The highest BCUT2D eigenvalue weighted by atomic mass is 35.5. The third kappa shape index (κ3) is 3.64. The van der Waals surface area contributed by atoms with E-state index >= 15 is 0 Å². The van der Waals surface area contributed by atoms with Gasteiger partial charge in [0.15, 0.2) is 0 Å². The number of aryl methyl sites for hydroxylation is 2. The number of hydrogen-bond acceptors (Lipinski definition) is 5. The van der Waals surface area contributed by atoms with Crippen molar-refractivity contribution in [3.05, 3.63) is 63.0 Å². The van der Waals surface area contributed by atoms with Gasteiger partial charge in [0.25, 0.3) is 0 Å². The molecule has 1 fully saturated rings. The largest absolute Gasteiger partial charge is 0.319 e. The minimum absolute atomic E-state index is 0.354. The highest BCUT2D eigenvalue weighted by Gasteiger charge is 2.37. The molecule has 0 saturated heterocycles. The standard InChI is InChI=1S/C21H24ClN5S/c1-12-13(2)28-21(27-11-24-26-14(27)3)19(12)20(15-5-7-17(22)8-6-15)25-18-9-16(18)10-23-4/h5-8,11,16,18,23H,9-10H2,1-4H3. The van der Waals surface area contributed by atoms with Crippen LogP contribution in [0.25, 0.3) is 5.00 Å². The van der Waals surface area contributed by atoms with Crippen molar-refractivity contribution in [2.24, 2.45) is 10.9 Å². The molecule has 0 amide bonds. The van der Waals surface area contributed by atoms with E-state index in [0.717, 1.165) is 40.1 Å². The van der Waals surface area contributed by atoms with Crippen molar-refractivity contribution in [1.29, 1.82) is 0 Å². The molecule has 2 unspecified atom stereocenters. The zero-order chi connectivity index (χ0) is 19.8. The smallest absolute Gasteiger partial charge is 0.134 e. The van der Waals surface area contributed by atoms with E-state index in [1.54, 1.807) is 17.7 Å². The molecule has 5 nitrogen and oxygen atoms in total. The summed E-state index contributed by atoms with van der Waals surface area (Å²) in [6.45, 7) is 7.31. The quantitative estimate of drug-likeness (QED) is 0.611. The SMILES string of the molecule is CNCC1CC1N=C(c1ccc(Cl)cc1)c1c(-n2cnnc2C)sc(C)c1C. The number of thiophene rings is 1. The van der Waals surface area contributed by atoms with Crippen LogP contribution >= 0.6 is 22.9 Å². The second-order valence-corrected chi connectivity index (χ2v) is 8.96. The van der Waals surface area contributed by atoms with Crippen molar-refractivity contribution in [1.82, 2.24) is 20.1 Å². The van der Waals surface area contributed by atoms with Crippen LogP contribution in [-0.4, -0.2) is 40.1 Å². The summed E-state index contributed by atoms with van der Waals surface area (Å²) < 4.78 is 2.06. The van der Waals surface area contributed by atoms with Crippen LogP contribution in [0.5, 0.6) is 0 Å². The lowest BCUT2D eigenvalue weighted by molar-refractivity contribution is 0.695. The summed E-state index contributed by atoms with van der Waals surface area (Å²) in [7, 11) is 2.00. The topological polar surface area (TPSA) is 55.1 Å². The molecule has 1 aliphatic carbocycles. The first kappa shape index (κ1) is 19.3. The highest BCUT2D eigenvalue weighted by Crippen LogP contribution is 2.38. The summed E-state index contributed by atoms with van der Waals surface area (Å²) in [4.78, 5) is 6.50. The van der Waals surface area contributed by atoms with E-state index in [0.29, 0.717) is 12.0 Å². The number of hydrogen-bond donors (Lipinski definition) is 1. The first-order chi connectivity index (χ1) is 13.5. The minimum atomic E-state index is 0.354. The van der Waals surface area contributed by atoms with Gasteiger partial charge in [0.1, 0.15) is 17.2 Å². The molecule has 1 aliphatic rings. The Kier molecular flexibility index (Phi) is 5.36. The van der Waals surface area contributed by atoms with Crippen LogP contribution in [-0.2, 0) is 0 Å². The van der Waals surface area contributed by atoms with Crippen molar-refractivity contribution in [2.75, 3.05) is 13.6 Å². The Balaban J connectivity index is 1.87. The summed E-state index contributed by atoms with van der Waals surface area (Å²) in [5, 5.41) is 13.4. The van der Waals surface area contributed by atoms with Crippen LogP contribution in [0.1, 0.15) is 33.8 Å². The monoisotopic (exact) mass is 413 g/mol. The Labute approximate surface area is 174 Å². The maximum atomic E-state index is 6.15. The second-order valence-electron chi connectivity index (χ2n) is 7.32. The van der Waals surface area contributed by atoms with Crippen LogP contribution in [0.3, 0.4) is 0 Å². The van der Waals surface area contributed by atoms with E-state index in [1.165, 1.54) is 16.0 Å². The molecule has 1 aromatic carbocycles. The van der Waals surface area contributed by atoms with Gasteiger partial charge in [-0.1, -0.05) is 23.7 Å². The molecule has 0 bridgehead atoms. The Bertz CT molecular complexity index is 1020. The van der Waals surface area contributed by atoms with Gasteiger partial charge >= 0.3 is 0 Å². The van der Waals surface area contributed by atoms with Gasteiger partial charge in [0.2, 0.25) is 0 Å². The molecule has 28 heavy (non-hydrogen) atoms. The lowest BCUT2D eigenvalue weighted by Crippen LogP contribution is -2.13. The van der Waals surface area contributed by atoms with E-state index in [1.807, 2.05) is 26.1 Å². The number of aromatic nitrogens is 3. The zero-order valence-electron chi connectivity index (χ0n) is 16.5.